The number of nitrogens with two attached hydrogens (primary N) is 1. The van der Waals surface area contributed by atoms with Crippen molar-refractivity contribution < 1.29 is 14.3 Å². The largest absolute Gasteiger partial charge is 0.454 e. The summed E-state index contributed by atoms with van der Waals surface area (Å²) in [5, 5.41) is 0. The van der Waals surface area contributed by atoms with Crippen LogP contribution in [0.4, 0.5) is 0 Å². The molecule has 80 valence electrons. The Morgan fingerprint density at radius 1 is 1.40 bits per heavy atom. The van der Waals surface area contributed by atoms with Gasteiger partial charge in [0.05, 0.1) is 0 Å². The maximum absolute atomic E-state index is 10.7. The lowest BCUT2D eigenvalue weighted by Crippen LogP contribution is -2.11. The Hall–Kier alpha value is -1.23. The molecule has 0 saturated carbocycles. The van der Waals surface area contributed by atoms with Crippen LogP contribution in [0.1, 0.15) is 12.0 Å². The van der Waals surface area contributed by atoms with Crippen molar-refractivity contribution in [2.75, 3.05) is 6.79 Å². The van der Waals surface area contributed by atoms with Crippen molar-refractivity contribution in [1.82, 2.24) is 0 Å². The molecule has 2 rings (SSSR count). The standard InChI is InChI=1S/C10H10BrNO3/c11-7-4-9-8(14-5-15-9)3-6(7)1-2-10(12)13/h3-4H,1-2,5H2,(H2,12,13). The van der Waals surface area contributed by atoms with Gasteiger partial charge in [0.25, 0.3) is 0 Å². The van der Waals surface area contributed by atoms with Crippen molar-refractivity contribution in [3.63, 3.8) is 0 Å². The Labute approximate surface area is 95.5 Å². The normalized spacial score (nSPS) is 12.9. The van der Waals surface area contributed by atoms with Crippen LogP contribution in [0.25, 0.3) is 0 Å². The molecular weight excluding hydrogens is 262 g/mol. The minimum Gasteiger partial charge on any atom is -0.454 e. The summed E-state index contributed by atoms with van der Waals surface area (Å²) in [4.78, 5) is 10.7. The number of amides is 1. The number of ether oxygens (including phenoxy) is 2. The lowest BCUT2D eigenvalue weighted by Gasteiger charge is -2.04. The summed E-state index contributed by atoms with van der Waals surface area (Å²) in [5.74, 6) is 1.14. The Balaban J connectivity index is 2.21. The second kappa shape index (κ2) is 4.10. The van der Waals surface area contributed by atoms with Crippen LogP contribution in [-0.4, -0.2) is 12.7 Å². The predicted octanol–water partition coefficient (Wildman–Crippen LogP) is 1.60. The summed E-state index contributed by atoms with van der Waals surface area (Å²) in [7, 11) is 0. The van der Waals surface area contributed by atoms with E-state index < -0.39 is 0 Å². The number of aryl methyl sites for hydroxylation is 1. The summed E-state index contributed by atoms with van der Waals surface area (Å²) < 4.78 is 11.4. The molecule has 1 aromatic carbocycles. The third-order valence-electron chi connectivity index (χ3n) is 2.18. The quantitative estimate of drug-likeness (QED) is 0.909. The highest BCUT2D eigenvalue weighted by Crippen LogP contribution is 2.37. The number of hydrogen-bond acceptors (Lipinski definition) is 3. The first-order valence-electron chi connectivity index (χ1n) is 4.53. The minimum absolute atomic E-state index is 0.251. The lowest BCUT2D eigenvalue weighted by atomic mass is 10.1. The van der Waals surface area contributed by atoms with E-state index in [2.05, 4.69) is 15.9 Å². The van der Waals surface area contributed by atoms with E-state index in [0.717, 1.165) is 21.5 Å². The summed E-state index contributed by atoms with van der Waals surface area (Å²) in [6.07, 6.45) is 0.935. The minimum atomic E-state index is -0.306. The molecule has 0 bridgehead atoms. The summed E-state index contributed by atoms with van der Waals surface area (Å²) in [5.41, 5.74) is 6.09. The molecule has 1 heterocycles. The third kappa shape index (κ3) is 2.23. The second-order valence-corrected chi connectivity index (χ2v) is 4.12. The number of rotatable bonds is 3. The molecule has 0 unspecified atom stereocenters. The van der Waals surface area contributed by atoms with Gasteiger partial charge < -0.3 is 15.2 Å². The van der Waals surface area contributed by atoms with Crippen LogP contribution >= 0.6 is 15.9 Å². The fourth-order valence-electron chi connectivity index (χ4n) is 1.41. The van der Waals surface area contributed by atoms with Crippen LogP contribution in [0.5, 0.6) is 11.5 Å². The van der Waals surface area contributed by atoms with Crippen molar-refractivity contribution in [3.8, 4) is 11.5 Å². The van der Waals surface area contributed by atoms with Gasteiger partial charge in [0.1, 0.15) is 0 Å². The SMILES string of the molecule is NC(=O)CCc1cc2c(cc1Br)OCO2. The van der Waals surface area contributed by atoms with E-state index in [1.165, 1.54) is 0 Å². The molecule has 15 heavy (non-hydrogen) atoms. The third-order valence-corrected chi connectivity index (χ3v) is 2.92. The van der Waals surface area contributed by atoms with Gasteiger partial charge in [0.2, 0.25) is 12.7 Å². The maximum atomic E-state index is 10.7. The van der Waals surface area contributed by atoms with Gasteiger partial charge in [-0.05, 0) is 24.1 Å². The van der Waals surface area contributed by atoms with Crippen molar-refractivity contribution in [1.29, 1.82) is 0 Å². The molecule has 0 aliphatic carbocycles. The highest BCUT2D eigenvalue weighted by atomic mass is 79.9. The Kier molecular flexibility index (Phi) is 2.81. The number of halogens is 1. The molecule has 0 atom stereocenters. The molecule has 0 aromatic heterocycles. The first kappa shape index (κ1) is 10.3. The van der Waals surface area contributed by atoms with E-state index in [1.807, 2.05) is 12.1 Å². The van der Waals surface area contributed by atoms with Gasteiger partial charge in [0, 0.05) is 10.9 Å². The van der Waals surface area contributed by atoms with E-state index in [9.17, 15) is 4.79 Å². The maximum Gasteiger partial charge on any atom is 0.231 e. The van der Waals surface area contributed by atoms with E-state index in [-0.39, 0.29) is 12.7 Å². The van der Waals surface area contributed by atoms with E-state index in [0.29, 0.717) is 12.8 Å². The number of hydrogen-bond donors (Lipinski definition) is 1. The van der Waals surface area contributed by atoms with Crippen LogP contribution in [0.3, 0.4) is 0 Å². The molecule has 0 saturated heterocycles. The molecule has 4 nitrogen and oxygen atoms in total. The van der Waals surface area contributed by atoms with E-state index in [4.69, 9.17) is 15.2 Å². The van der Waals surface area contributed by atoms with Crippen molar-refractivity contribution >= 4 is 21.8 Å². The molecule has 1 amide bonds. The average Bonchev–Trinajstić information content (AvgIpc) is 2.60. The monoisotopic (exact) mass is 271 g/mol. The molecule has 2 N–H and O–H groups in total. The van der Waals surface area contributed by atoms with Gasteiger partial charge in [-0.1, -0.05) is 15.9 Å². The van der Waals surface area contributed by atoms with Gasteiger partial charge in [0.15, 0.2) is 11.5 Å². The number of carbonyl (C=O) groups is 1. The van der Waals surface area contributed by atoms with Crippen LogP contribution in [0, 0.1) is 0 Å². The van der Waals surface area contributed by atoms with Crippen molar-refractivity contribution in [2.45, 2.75) is 12.8 Å². The lowest BCUT2D eigenvalue weighted by molar-refractivity contribution is -0.117. The van der Waals surface area contributed by atoms with Gasteiger partial charge >= 0.3 is 0 Å². The molecular formula is C10H10BrNO3. The fraction of sp³-hybridized carbons (Fsp3) is 0.300. The molecule has 0 spiro atoms. The van der Waals surface area contributed by atoms with Gasteiger partial charge in [-0.15, -0.1) is 0 Å². The zero-order valence-electron chi connectivity index (χ0n) is 7.96. The number of carbonyl (C=O) groups excluding carboxylic acids is 1. The first-order chi connectivity index (χ1) is 7.16. The smallest absolute Gasteiger partial charge is 0.231 e. The molecule has 0 radical (unpaired) electrons. The topological polar surface area (TPSA) is 61.6 Å². The van der Waals surface area contributed by atoms with Crippen LogP contribution in [0.15, 0.2) is 16.6 Å². The van der Waals surface area contributed by atoms with Crippen LogP contribution in [0.2, 0.25) is 0 Å². The number of benzene rings is 1. The zero-order chi connectivity index (χ0) is 10.8. The fourth-order valence-corrected chi connectivity index (χ4v) is 1.93. The molecule has 1 aromatic rings. The summed E-state index contributed by atoms with van der Waals surface area (Å²) in [6.45, 7) is 0.251. The zero-order valence-corrected chi connectivity index (χ0v) is 9.54. The Morgan fingerprint density at radius 3 is 2.73 bits per heavy atom. The predicted molar refractivity (Wildman–Crippen MR) is 57.8 cm³/mol. The number of fused-ring (bicyclic) bond motifs is 1. The molecule has 1 aliphatic heterocycles. The second-order valence-electron chi connectivity index (χ2n) is 3.26. The van der Waals surface area contributed by atoms with Gasteiger partial charge in [-0.25, -0.2) is 0 Å². The van der Waals surface area contributed by atoms with E-state index >= 15 is 0 Å². The average molecular weight is 272 g/mol. The first-order valence-corrected chi connectivity index (χ1v) is 5.32. The highest BCUT2D eigenvalue weighted by Gasteiger charge is 2.16. The van der Waals surface area contributed by atoms with Crippen LogP contribution < -0.4 is 15.2 Å². The van der Waals surface area contributed by atoms with Crippen molar-refractivity contribution in [3.05, 3.63) is 22.2 Å². The molecule has 1 aliphatic rings. The van der Waals surface area contributed by atoms with Crippen molar-refractivity contribution in [2.24, 2.45) is 5.73 Å². The molecule has 5 heteroatoms. The van der Waals surface area contributed by atoms with E-state index in [1.54, 1.807) is 0 Å². The highest BCUT2D eigenvalue weighted by molar-refractivity contribution is 9.10. The van der Waals surface area contributed by atoms with Gasteiger partial charge in [-0.3, -0.25) is 4.79 Å². The number of primary amides is 1. The van der Waals surface area contributed by atoms with Crippen LogP contribution in [-0.2, 0) is 11.2 Å². The summed E-state index contributed by atoms with van der Waals surface area (Å²) in [6, 6.07) is 3.72. The van der Waals surface area contributed by atoms with Gasteiger partial charge in [-0.2, -0.15) is 0 Å². The Bertz CT molecular complexity index is 406. The Morgan fingerprint density at radius 2 is 2.07 bits per heavy atom. The molecule has 0 fully saturated rings. The summed E-state index contributed by atoms with van der Waals surface area (Å²) >= 11 is 3.41.